The second kappa shape index (κ2) is 4.07. The maximum absolute atomic E-state index is 10.8. The minimum absolute atomic E-state index is 1.43. The zero-order valence-electron chi connectivity index (χ0n) is 6.64. The van der Waals surface area contributed by atoms with E-state index in [1.165, 1.54) is 11.1 Å². The first-order valence-electron chi connectivity index (χ1n) is 3.62. The van der Waals surface area contributed by atoms with Crippen molar-refractivity contribution in [1.29, 1.82) is 0 Å². The zero-order chi connectivity index (χ0) is 9.84. The molecule has 0 spiro atoms. The zero-order valence-corrected chi connectivity index (χ0v) is 6.64. The Morgan fingerprint density at radius 1 is 1.15 bits per heavy atom. The van der Waals surface area contributed by atoms with Crippen LogP contribution in [0.5, 0.6) is 0 Å². The summed E-state index contributed by atoms with van der Waals surface area (Å²) in [5.41, 5.74) is 2.85. The van der Waals surface area contributed by atoms with E-state index in [0.29, 0.717) is 0 Å². The maximum Gasteiger partial charge on any atom is 0.298 e. The van der Waals surface area contributed by atoms with Crippen LogP contribution in [-0.2, 0) is 4.79 Å². The van der Waals surface area contributed by atoms with Gasteiger partial charge in [0.2, 0.25) is 5.78 Å². The predicted molar refractivity (Wildman–Crippen MR) is 42.4 cm³/mol. The third kappa shape index (κ3) is 2.31. The molecule has 0 bridgehead atoms. The van der Waals surface area contributed by atoms with E-state index in [-0.39, 0.29) is 0 Å². The first-order chi connectivity index (χ1) is 6.15. The number of Topliss-reactive ketones (excluding diaryl/α,β-unsaturated/α-hetero) is 1. The van der Waals surface area contributed by atoms with Crippen molar-refractivity contribution in [3.05, 3.63) is 24.3 Å². The summed E-state index contributed by atoms with van der Waals surface area (Å²) in [5, 5.41) is 0. The van der Waals surface area contributed by atoms with Crippen LogP contribution < -0.4 is 0 Å². The Hall–Kier alpha value is -1.32. The van der Waals surface area contributed by atoms with Crippen LogP contribution >= 0.6 is 0 Å². The number of hydrogen-bond donors (Lipinski definition) is 0. The van der Waals surface area contributed by atoms with Gasteiger partial charge < -0.3 is 0 Å². The van der Waals surface area contributed by atoms with Crippen molar-refractivity contribution in [1.82, 2.24) is 0 Å². The highest BCUT2D eigenvalue weighted by Gasteiger charge is 2.12. The minimum Gasteiger partial charge on any atom is -0.290 e. The number of carbonyl (C=O) groups excluding carboxylic acids is 1. The summed E-state index contributed by atoms with van der Waals surface area (Å²) < 4.78 is 32.5. The highest BCUT2D eigenvalue weighted by atomic mass is 19.3. The number of hydrogen-bond acceptors (Lipinski definition) is 1. The van der Waals surface area contributed by atoms with Crippen LogP contribution in [-0.4, -0.2) is 18.9 Å². The minimum atomic E-state index is -3.15. The average molecular weight is 188 g/mol. The quantitative estimate of drug-likeness (QED) is 0.707. The Morgan fingerprint density at radius 3 is 1.54 bits per heavy atom. The average Bonchev–Trinajstić information content (AvgIpc) is 2.10. The second-order valence-corrected chi connectivity index (χ2v) is 2.48. The monoisotopic (exact) mass is 188 g/mol. The van der Waals surface area contributed by atoms with E-state index in [4.69, 9.17) is 0 Å². The molecule has 2 aliphatic rings. The Kier molecular flexibility index (Phi) is 3.06. The topological polar surface area (TPSA) is 17.1 Å². The van der Waals surface area contributed by atoms with E-state index in [1.807, 2.05) is 0 Å². The molecule has 0 aliphatic heterocycles. The van der Waals surface area contributed by atoms with Crippen molar-refractivity contribution in [2.75, 3.05) is 6.67 Å². The van der Waals surface area contributed by atoms with Crippen LogP contribution in [0.25, 0.3) is 11.1 Å². The van der Waals surface area contributed by atoms with Gasteiger partial charge in [-0.2, -0.15) is 0 Å². The Morgan fingerprint density at radius 2 is 1.54 bits per heavy atom. The van der Waals surface area contributed by atoms with Gasteiger partial charge in [-0.1, -0.05) is 24.3 Å². The molecule has 2 rings (SSSR count). The number of carbonyl (C=O) groups is 1. The lowest BCUT2D eigenvalue weighted by molar-refractivity contribution is -0.130. The van der Waals surface area contributed by atoms with Crippen LogP contribution in [0.15, 0.2) is 24.3 Å². The molecule has 2 aliphatic carbocycles. The number of benzene rings is 1. The highest BCUT2D eigenvalue weighted by Crippen LogP contribution is 2.29. The molecule has 0 heterocycles. The van der Waals surface area contributed by atoms with Gasteiger partial charge in [0.05, 0.1) is 0 Å². The van der Waals surface area contributed by atoms with Gasteiger partial charge in [0.15, 0.2) is 6.67 Å². The molecule has 1 nitrogen and oxygen atoms in total. The number of ketones is 1. The Balaban J connectivity index is 0.000000130. The number of fused-ring (bicyclic) bond motifs is 1. The van der Waals surface area contributed by atoms with Crippen molar-refractivity contribution in [3.8, 4) is 11.1 Å². The largest absolute Gasteiger partial charge is 0.298 e. The van der Waals surface area contributed by atoms with Gasteiger partial charge in [0.25, 0.3) is 6.43 Å². The van der Waals surface area contributed by atoms with E-state index in [2.05, 4.69) is 24.3 Å². The third-order valence-corrected chi connectivity index (χ3v) is 1.59. The molecule has 0 unspecified atom stereocenters. The molecule has 0 fully saturated rings. The number of halogens is 3. The molecule has 70 valence electrons. The van der Waals surface area contributed by atoms with Gasteiger partial charge in [0.1, 0.15) is 0 Å². The van der Waals surface area contributed by atoms with E-state index in [9.17, 15) is 18.0 Å². The summed E-state index contributed by atoms with van der Waals surface area (Å²) in [6, 6.07) is 8.48. The molecular formula is C9H7F3O. The molecule has 0 saturated carbocycles. The van der Waals surface area contributed by atoms with Gasteiger partial charge in [-0.3, -0.25) is 4.79 Å². The normalized spacial score (nSPS) is 10.5. The van der Waals surface area contributed by atoms with Crippen molar-refractivity contribution < 1.29 is 18.0 Å². The highest BCUT2D eigenvalue weighted by molar-refractivity contribution is 5.82. The van der Waals surface area contributed by atoms with Gasteiger partial charge in [-0.25, -0.2) is 13.2 Å². The summed E-state index contributed by atoms with van der Waals surface area (Å²) in [5.74, 6) is -1.65. The fourth-order valence-electron chi connectivity index (χ4n) is 0.721. The van der Waals surface area contributed by atoms with E-state index in [0.717, 1.165) is 0 Å². The lowest BCUT2D eigenvalue weighted by atomic mass is 9.95. The molecule has 0 saturated heterocycles. The molecule has 0 atom stereocenters. The molecule has 13 heavy (non-hydrogen) atoms. The molecule has 0 radical (unpaired) electrons. The van der Waals surface area contributed by atoms with Crippen molar-refractivity contribution in [2.45, 2.75) is 6.43 Å². The fraction of sp³-hybridized carbons (Fsp3) is 0.222. The molecule has 0 amide bonds. The van der Waals surface area contributed by atoms with Crippen LogP contribution in [0, 0.1) is 0 Å². The molecule has 0 aromatic rings. The summed E-state index contributed by atoms with van der Waals surface area (Å²) in [4.78, 5) is 9.39. The number of alkyl halides is 3. The van der Waals surface area contributed by atoms with Crippen molar-refractivity contribution in [3.63, 3.8) is 0 Å². The van der Waals surface area contributed by atoms with Gasteiger partial charge in [-0.15, -0.1) is 0 Å². The summed E-state index contributed by atoms with van der Waals surface area (Å²) in [6.45, 7) is -1.57. The van der Waals surface area contributed by atoms with Gasteiger partial charge in [0, 0.05) is 0 Å². The first-order valence-corrected chi connectivity index (χ1v) is 3.62. The molecule has 0 aromatic heterocycles. The van der Waals surface area contributed by atoms with Crippen molar-refractivity contribution in [2.24, 2.45) is 0 Å². The molecule has 0 N–H and O–H groups in total. The van der Waals surface area contributed by atoms with Gasteiger partial charge in [-0.05, 0) is 11.1 Å². The van der Waals surface area contributed by atoms with E-state index in [1.54, 1.807) is 0 Å². The van der Waals surface area contributed by atoms with Crippen LogP contribution in [0.4, 0.5) is 13.2 Å². The third-order valence-electron chi connectivity index (χ3n) is 1.59. The summed E-state index contributed by atoms with van der Waals surface area (Å²) >= 11 is 0. The molecule has 0 aromatic carbocycles. The SMILES string of the molecule is O=C(CF)C(F)F.c1cc2ccc1-2. The Labute approximate surface area is 73.2 Å². The lowest BCUT2D eigenvalue weighted by Crippen LogP contribution is -2.10. The smallest absolute Gasteiger partial charge is 0.290 e. The second-order valence-electron chi connectivity index (χ2n) is 2.48. The van der Waals surface area contributed by atoms with E-state index < -0.39 is 18.9 Å². The standard InChI is InChI=1S/C6H4.C3H3F3O/c1-2-6-4-3-5(1)6;4-1-2(7)3(5)6/h1-4H;3H,1H2. The van der Waals surface area contributed by atoms with Crippen molar-refractivity contribution >= 4 is 5.78 Å². The van der Waals surface area contributed by atoms with E-state index >= 15 is 0 Å². The van der Waals surface area contributed by atoms with Crippen LogP contribution in [0.3, 0.4) is 0 Å². The first kappa shape index (κ1) is 9.77. The Bertz CT molecular complexity index is 271. The van der Waals surface area contributed by atoms with Crippen LogP contribution in [0.2, 0.25) is 0 Å². The summed E-state index contributed by atoms with van der Waals surface area (Å²) in [7, 11) is 0. The molecular weight excluding hydrogens is 181 g/mol. The van der Waals surface area contributed by atoms with Gasteiger partial charge >= 0.3 is 0 Å². The molecule has 4 heteroatoms. The predicted octanol–water partition coefficient (Wildman–Crippen LogP) is 2.46. The van der Waals surface area contributed by atoms with Crippen LogP contribution in [0.1, 0.15) is 0 Å². The lowest BCUT2D eigenvalue weighted by Gasteiger charge is -2.10. The summed E-state index contributed by atoms with van der Waals surface area (Å²) in [6.07, 6.45) is -3.15. The number of rotatable bonds is 2. The fourth-order valence-corrected chi connectivity index (χ4v) is 0.721. The maximum atomic E-state index is 10.8.